The Hall–Kier alpha value is -2.14. The van der Waals surface area contributed by atoms with E-state index in [1.54, 1.807) is 6.07 Å². The van der Waals surface area contributed by atoms with E-state index in [2.05, 4.69) is 5.32 Å². The smallest absolute Gasteiger partial charge is 0.262 e. The Bertz CT molecular complexity index is 634. The second-order valence-electron chi connectivity index (χ2n) is 3.89. The number of ether oxygens (including phenoxy) is 1. The molecule has 0 aliphatic heterocycles. The van der Waals surface area contributed by atoms with E-state index < -0.39 is 24.1 Å². The van der Waals surface area contributed by atoms with Crippen molar-refractivity contribution in [3.8, 4) is 5.75 Å². The quantitative estimate of drug-likeness (QED) is 0.936. The zero-order valence-electron chi connectivity index (χ0n) is 10.2. The van der Waals surface area contributed by atoms with E-state index in [9.17, 15) is 13.6 Å². The van der Waals surface area contributed by atoms with Crippen molar-refractivity contribution in [2.45, 2.75) is 0 Å². The molecule has 104 valence electrons. The molecule has 0 bridgehead atoms. The predicted molar refractivity (Wildman–Crippen MR) is 71.9 cm³/mol. The van der Waals surface area contributed by atoms with E-state index in [1.807, 2.05) is 0 Å². The van der Waals surface area contributed by atoms with Gasteiger partial charge in [0.2, 0.25) is 0 Å². The average Bonchev–Trinajstić information content (AvgIpc) is 2.41. The van der Waals surface area contributed by atoms with E-state index in [0.717, 1.165) is 6.07 Å². The van der Waals surface area contributed by atoms with Crippen LogP contribution in [-0.2, 0) is 4.79 Å². The van der Waals surface area contributed by atoms with Crippen molar-refractivity contribution in [2.75, 3.05) is 11.9 Å². The lowest BCUT2D eigenvalue weighted by atomic mass is 10.3. The van der Waals surface area contributed by atoms with Crippen molar-refractivity contribution in [1.82, 2.24) is 0 Å². The molecule has 2 aromatic carbocycles. The van der Waals surface area contributed by atoms with Gasteiger partial charge in [0.25, 0.3) is 5.91 Å². The maximum Gasteiger partial charge on any atom is 0.262 e. The summed E-state index contributed by atoms with van der Waals surface area (Å²) in [5, 5.41) is 2.53. The average molecular weight is 298 g/mol. The first-order valence-electron chi connectivity index (χ1n) is 5.68. The minimum Gasteiger partial charge on any atom is -0.481 e. The molecule has 0 saturated carbocycles. The summed E-state index contributed by atoms with van der Waals surface area (Å²) >= 11 is 5.59. The SMILES string of the molecule is O=C(COc1ccccc1F)Nc1ccc(Cl)cc1F. The predicted octanol–water partition coefficient (Wildman–Crippen LogP) is 3.64. The van der Waals surface area contributed by atoms with Gasteiger partial charge in [0, 0.05) is 5.02 Å². The lowest BCUT2D eigenvalue weighted by molar-refractivity contribution is -0.118. The molecule has 6 heteroatoms. The van der Waals surface area contributed by atoms with Crippen molar-refractivity contribution in [3.63, 3.8) is 0 Å². The van der Waals surface area contributed by atoms with Gasteiger partial charge < -0.3 is 10.1 Å². The number of hydrogen-bond acceptors (Lipinski definition) is 2. The molecule has 0 aromatic heterocycles. The summed E-state index contributed by atoms with van der Waals surface area (Å²) in [4.78, 5) is 11.6. The minimum atomic E-state index is -0.656. The first kappa shape index (κ1) is 14.3. The molecule has 0 heterocycles. The Kier molecular flexibility index (Phi) is 4.53. The van der Waals surface area contributed by atoms with Gasteiger partial charge in [-0.3, -0.25) is 4.79 Å². The van der Waals surface area contributed by atoms with Crippen LogP contribution in [0.2, 0.25) is 5.02 Å². The highest BCUT2D eigenvalue weighted by Crippen LogP contribution is 2.19. The Morgan fingerprint density at radius 2 is 1.90 bits per heavy atom. The van der Waals surface area contributed by atoms with Gasteiger partial charge in [-0.05, 0) is 30.3 Å². The molecule has 2 aromatic rings. The Labute approximate surface area is 119 Å². The highest BCUT2D eigenvalue weighted by atomic mass is 35.5. The van der Waals surface area contributed by atoms with E-state index in [0.29, 0.717) is 0 Å². The van der Waals surface area contributed by atoms with E-state index >= 15 is 0 Å². The summed E-state index contributed by atoms with van der Waals surface area (Å²) in [6.07, 6.45) is 0. The zero-order valence-corrected chi connectivity index (χ0v) is 11.0. The van der Waals surface area contributed by atoms with Crippen LogP contribution in [0.25, 0.3) is 0 Å². The third-order valence-corrected chi connectivity index (χ3v) is 2.64. The normalized spacial score (nSPS) is 10.2. The maximum absolute atomic E-state index is 13.4. The molecular weight excluding hydrogens is 288 g/mol. The van der Waals surface area contributed by atoms with Crippen LogP contribution in [0.4, 0.5) is 14.5 Å². The fourth-order valence-electron chi connectivity index (χ4n) is 1.48. The van der Waals surface area contributed by atoms with E-state index in [1.165, 1.54) is 30.3 Å². The van der Waals surface area contributed by atoms with Gasteiger partial charge in [-0.1, -0.05) is 23.7 Å². The summed E-state index contributed by atoms with van der Waals surface area (Å²) in [6, 6.07) is 9.55. The molecule has 20 heavy (non-hydrogen) atoms. The molecule has 0 aliphatic carbocycles. The molecule has 0 radical (unpaired) electrons. The maximum atomic E-state index is 13.4. The summed E-state index contributed by atoms with van der Waals surface area (Å²) < 4.78 is 31.7. The van der Waals surface area contributed by atoms with Crippen molar-refractivity contribution in [3.05, 3.63) is 59.1 Å². The van der Waals surface area contributed by atoms with Gasteiger partial charge >= 0.3 is 0 Å². The standard InChI is InChI=1S/C14H10ClF2NO2/c15-9-5-6-12(11(17)7-9)18-14(19)8-20-13-4-2-1-3-10(13)16/h1-7H,8H2,(H,18,19). The van der Waals surface area contributed by atoms with Gasteiger partial charge in [-0.2, -0.15) is 0 Å². The summed E-state index contributed by atoms with van der Waals surface area (Å²) in [7, 11) is 0. The number of carbonyl (C=O) groups excluding carboxylic acids is 1. The van der Waals surface area contributed by atoms with Crippen LogP contribution < -0.4 is 10.1 Å². The first-order valence-corrected chi connectivity index (χ1v) is 6.06. The fourth-order valence-corrected chi connectivity index (χ4v) is 1.64. The molecule has 3 nitrogen and oxygen atoms in total. The lowest BCUT2D eigenvalue weighted by Crippen LogP contribution is -2.21. The zero-order chi connectivity index (χ0) is 14.5. The van der Waals surface area contributed by atoms with E-state index in [-0.39, 0.29) is 16.5 Å². The fraction of sp³-hybridized carbons (Fsp3) is 0.0714. The van der Waals surface area contributed by atoms with Gasteiger partial charge in [0.05, 0.1) is 5.69 Å². The lowest BCUT2D eigenvalue weighted by Gasteiger charge is -2.08. The number of rotatable bonds is 4. The van der Waals surface area contributed by atoms with Crippen LogP contribution >= 0.6 is 11.6 Å². The number of anilines is 1. The van der Waals surface area contributed by atoms with Crippen molar-refractivity contribution in [2.24, 2.45) is 0 Å². The number of amides is 1. The van der Waals surface area contributed by atoms with Gasteiger partial charge in [-0.25, -0.2) is 8.78 Å². The molecular formula is C14H10ClF2NO2. The van der Waals surface area contributed by atoms with E-state index in [4.69, 9.17) is 16.3 Å². The van der Waals surface area contributed by atoms with Crippen molar-refractivity contribution in [1.29, 1.82) is 0 Å². The molecule has 0 atom stereocenters. The number of para-hydroxylation sites is 1. The first-order chi connectivity index (χ1) is 9.56. The Balaban J connectivity index is 1.94. The second kappa shape index (κ2) is 6.34. The van der Waals surface area contributed by atoms with Gasteiger partial charge in [-0.15, -0.1) is 0 Å². The van der Waals surface area contributed by atoms with Crippen LogP contribution in [-0.4, -0.2) is 12.5 Å². The molecule has 0 unspecified atom stereocenters. The molecule has 0 saturated heterocycles. The summed E-state index contributed by atoms with van der Waals surface area (Å²) in [6.45, 7) is -0.428. The largest absolute Gasteiger partial charge is 0.481 e. The molecule has 0 fully saturated rings. The second-order valence-corrected chi connectivity index (χ2v) is 4.33. The molecule has 1 N–H and O–H groups in total. The number of nitrogens with one attached hydrogen (secondary N) is 1. The minimum absolute atomic E-state index is 0.0171. The van der Waals surface area contributed by atoms with Crippen LogP contribution in [0.1, 0.15) is 0 Å². The number of benzene rings is 2. The topological polar surface area (TPSA) is 38.3 Å². The molecule has 0 spiro atoms. The van der Waals surface area contributed by atoms with Gasteiger partial charge in [0.15, 0.2) is 18.2 Å². The third-order valence-electron chi connectivity index (χ3n) is 2.40. The van der Waals surface area contributed by atoms with Crippen molar-refractivity contribution >= 4 is 23.2 Å². The Morgan fingerprint density at radius 3 is 2.60 bits per heavy atom. The summed E-state index contributed by atoms with van der Waals surface area (Å²) in [5.41, 5.74) is -0.0171. The highest BCUT2D eigenvalue weighted by molar-refractivity contribution is 6.30. The molecule has 0 aliphatic rings. The highest BCUT2D eigenvalue weighted by Gasteiger charge is 2.09. The molecule has 1 amide bonds. The third kappa shape index (κ3) is 3.68. The summed E-state index contributed by atoms with van der Waals surface area (Å²) in [5.74, 6) is -1.87. The number of carbonyl (C=O) groups is 1. The Morgan fingerprint density at radius 1 is 1.15 bits per heavy atom. The van der Waals surface area contributed by atoms with Crippen molar-refractivity contribution < 1.29 is 18.3 Å². The number of halogens is 3. The van der Waals surface area contributed by atoms with Crippen LogP contribution in [0.5, 0.6) is 5.75 Å². The van der Waals surface area contributed by atoms with Gasteiger partial charge in [0.1, 0.15) is 5.82 Å². The van der Waals surface area contributed by atoms with Crippen LogP contribution in [0.3, 0.4) is 0 Å². The van der Waals surface area contributed by atoms with Crippen LogP contribution in [0, 0.1) is 11.6 Å². The molecule has 2 rings (SSSR count). The number of hydrogen-bond donors (Lipinski definition) is 1. The van der Waals surface area contributed by atoms with Crippen LogP contribution in [0.15, 0.2) is 42.5 Å². The monoisotopic (exact) mass is 297 g/mol.